The van der Waals surface area contributed by atoms with Crippen LogP contribution in [0.2, 0.25) is 0 Å². The van der Waals surface area contributed by atoms with E-state index in [9.17, 15) is 24.0 Å². The number of carbonyl (C=O) groups is 5. The number of piperidine rings is 1. The van der Waals surface area contributed by atoms with Gasteiger partial charge in [0.15, 0.2) is 0 Å². The maximum Gasteiger partial charge on any atom is 0.262 e. The third-order valence-corrected chi connectivity index (χ3v) is 5.49. The van der Waals surface area contributed by atoms with Gasteiger partial charge in [-0.3, -0.25) is 34.3 Å². The first-order valence-corrected chi connectivity index (χ1v) is 9.26. The summed E-state index contributed by atoms with van der Waals surface area (Å²) in [5.41, 5.74) is 1.39. The highest BCUT2D eigenvalue weighted by molar-refractivity contribution is 6.23. The molecule has 0 saturated carbocycles. The van der Waals surface area contributed by atoms with Crippen LogP contribution >= 0.6 is 0 Å². The second kappa shape index (κ2) is 7.16. The Kier molecular flexibility index (Phi) is 4.68. The van der Waals surface area contributed by atoms with Crippen molar-refractivity contribution in [3.05, 3.63) is 29.3 Å². The zero-order valence-corrected chi connectivity index (χ0v) is 15.2. The first-order chi connectivity index (χ1) is 13.5. The SMILES string of the molecule is O=CCN1CCN(c2ccc3c(c2)C(=O)N(C2CCC(=O)NC2=O)C3=O)CC1. The molecule has 1 unspecified atom stereocenters. The van der Waals surface area contributed by atoms with Crippen molar-refractivity contribution in [3.8, 4) is 0 Å². The van der Waals surface area contributed by atoms with Crippen LogP contribution in [0.1, 0.15) is 33.6 Å². The van der Waals surface area contributed by atoms with Crippen LogP contribution < -0.4 is 10.2 Å². The quantitative estimate of drug-likeness (QED) is 0.546. The maximum absolute atomic E-state index is 12.9. The normalized spacial score (nSPS) is 23.1. The Morgan fingerprint density at radius 1 is 1.00 bits per heavy atom. The molecule has 2 fully saturated rings. The Hall–Kier alpha value is -3.07. The number of nitrogens with zero attached hydrogens (tertiary/aromatic N) is 3. The minimum atomic E-state index is -0.958. The lowest BCUT2D eigenvalue weighted by molar-refractivity contribution is -0.136. The van der Waals surface area contributed by atoms with Crippen molar-refractivity contribution in [2.75, 3.05) is 37.6 Å². The molecule has 0 bridgehead atoms. The van der Waals surface area contributed by atoms with E-state index >= 15 is 0 Å². The van der Waals surface area contributed by atoms with E-state index in [4.69, 9.17) is 0 Å². The second-order valence-corrected chi connectivity index (χ2v) is 7.13. The van der Waals surface area contributed by atoms with E-state index in [1.165, 1.54) is 0 Å². The molecule has 1 N–H and O–H groups in total. The van der Waals surface area contributed by atoms with Gasteiger partial charge in [-0.2, -0.15) is 0 Å². The molecule has 28 heavy (non-hydrogen) atoms. The van der Waals surface area contributed by atoms with E-state index in [0.29, 0.717) is 19.6 Å². The summed E-state index contributed by atoms with van der Waals surface area (Å²) in [4.78, 5) is 64.8. The van der Waals surface area contributed by atoms with Gasteiger partial charge in [-0.1, -0.05) is 0 Å². The molecule has 4 rings (SSSR count). The minimum Gasteiger partial charge on any atom is -0.369 e. The van der Waals surface area contributed by atoms with E-state index in [1.807, 2.05) is 0 Å². The fourth-order valence-corrected chi connectivity index (χ4v) is 3.95. The number of imide groups is 2. The molecule has 3 aliphatic heterocycles. The number of rotatable bonds is 4. The third-order valence-electron chi connectivity index (χ3n) is 5.49. The first kappa shape index (κ1) is 18.3. The van der Waals surface area contributed by atoms with Crippen LogP contribution in [0.5, 0.6) is 0 Å². The molecule has 2 saturated heterocycles. The third kappa shape index (κ3) is 3.07. The highest BCUT2D eigenvalue weighted by atomic mass is 16.2. The van der Waals surface area contributed by atoms with E-state index in [-0.39, 0.29) is 24.0 Å². The summed E-state index contributed by atoms with van der Waals surface area (Å²) in [5.74, 6) is -2.01. The van der Waals surface area contributed by atoms with Gasteiger partial charge in [0, 0.05) is 38.3 Å². The summed E-state index contributed by atoms with van der Waals surface area (Å²) >= 11 is 0. The van der Waals surface area contributed by atoms with Gasteiger partial charge < -0.3 is 9.69 Å². The average molecular weight is 384 g/mol. The van der Waals surface area contributed by atoms with Gasteiger partial charge in [-0.25, -0.2) is 0 Å². The summed E-state index contributed by atoms with van der Waals surface area (Å²) < 4.78 is 0. The van der Waals surface area contributed by atoms with Crippen LogP contribution in [0.25, 0.3) is 0 Å². The number of hydrogen-bond acceptors (Lipinski definition) is 7. The van der Waals surface area contributed by atoms with Gasteiger partial charge in [0.1, 0.15) is 12.3 Å². The minimum absolute atomic E-state index is 0.0973. The van der Waals surface area contributed by atoms with Crippen LogP contribution in [-0.2, 0) is 14.4 Å². The van der Waals surface area contributed by atoms with Crippen molar-refractivity contribution in [1.29, 1.82) is 0 Å². The maximum atomic E-state index is 12.9. The number of fused-ring (bicyclic) bond motifs is 1. The second-order valence-electron chi connectivity index (χ2n) is 7.13. The molecular formula is C19H20N4O5. The van der Waals surface area contributed by atoms with E-state index in [2.05, 4.69) is 15.1 Å². The molecule has 4 amide bonds. The first-order valence-electron chi connectivity index (χ1n) is 9.26. The van der Waals surface area contributed by atoms with Crippen LogP contribution in [0.3, 0.4) is 0 Å². The summed E-state index contributed by atoms with van der Waals surface area (Å²) in [5, 5.41) is 2.19. The number of benzene rings is 1. The van der Waals surface area contributed by atoms with Crippen molar-refractivity contribution in [2.24, 2.45) is 0 Å². The predicted octanol–water partition coefficient (Wildman–Crippen LogP) is -0.591. The predicted molar refractivity (Wildman–Crippen MR) is 97.8 cm³/mol. The number of aldehydes is 1. The van der Waals surface area contributed by atoms with Gasteiger partial charge >= 0.3 is 0 Å². The molecule has 1 aromatic carbocycles. The Labute approximate surface area is 161 Å². The fraction of sp³-hybridized carbons (Fsp3) is 0.421. The monoisotopic (exact) mass is 384 g/mol. The van der Waals surface area contributed by atoms with Gasteiger partial charge in [0.05, 0.1) is 17.7 Å². The summed E-state index contributed by atoms with van der Waals surface area (Å²) in [6, 6.07) is 4.15. The van der Waals surface area contributed by atoms with Crippen molar-refractivity contribution in [1.82, 2.24) is 15.1 Å². The van der Waals surface area contributed by atoms with Crippen LogP contribution in [0.15, 0.2) is 18.2 Å². The van der Waals surface area contributed by atoms with E-state index in [0.717, 1.165) is 30.0 Å². The summed E-state index contributed by atoms with van der Waals surface area (Å²) in [7, 11) is 0. The molecular weight excluding hydrogens is 364 g/mol. The number of amides is 4. The van der Waals surface area contributed by atoms with Crippen molar-refractivity contribution >= 4 is 35.6 Å². The molecule has 1 atom stereocenters. The van der Waals surface area contributed by atoms with Gasteiger partial charge in [0.2, 0.25) is 11.8 Å². The summed E-state index contributed by atoms with van der Waals surface area (Å²) in [6.45, 7) is 3.32. The van der Waals surface area contributed by atoms with Gasteiger partial charge in [0.25, 0.3) is 11.8 Å². The number of nitrogens with one attached hydrogen (secondary N) is 1. The largest absolute Gasteiger partial charge is 0.369 e. The van der Waals surface area contributed by atoms with Crippen LogP contribution in [-0.4, -0.2) is 78.5 Å². The lowest BCUT2D eigenvalue weighted by atomic mass is 10.0. The van der Waals surface area contributed by atoms with E-state index < -0.39 is 29.7 Å². The van der Waals surface area contributed by atoms with Crippen LogP contribution in [0, 0.1) is 0 Å². The fourth-order valence-electron chi connectivity index (χ4n) is 3.95. The molecule has 9 heteroatoms. The number of piperazine rings is 1. The molecule has 1 aromatic rings. The van der Waals surface area contributed by atoms with Gasteiger partial charge in [-0.15, -0.1) is 0 Å². The van der Waals surface area contributed by atoms with Crippen molar-refractivity contribution in [2.45, 2.75) is 18.9 Å². The zero-order valence-electron chi connectivity index (χ0n) is 15.2. The van der Waals surface area contributed by atoms with Crippen molar-refractivity contribution in [3.63, 3.8) is 0 Å². The Bertz CT molecular complexity index is 875. The zero-order chi connectivity index (χ0) is 19.8. The smallest absolute Gasteiger partial charge is 0.262 e. The average Bonchev–Trinajstić information content (AvgIpc) is 2.93. The summed E-state index contributed by atoms with van der Waals surface area (Å²) in [6.07, 6.45) is 1.13. The highest BCUT2D eigenvalue weighted by Crippen LogP contribution is 2.30. The lowest BCUT2D eigenvalue weighted by Crippen LogP contribution is -2.54. The standard InChI is InChI=1S/C19H20N4O5/c24-10-9-21-5-7-22(8-6-21)12-1-2-13-14(11-12)19(28)23(18(13)27)15-3-4-16(25)20-17(15)26/h1-2,10-11,15H,3-9H2,(H,20,25,26). The van der Waals surface area contributed by atoms with Crippen molar-refractivity contribution < 1.29 is 24.0 Å². The molecule has 9 nitrogen and oxygen atoms in total. The van der Waals surface area contributed by atoms with E-state index in [1.54, 1.807) is 18.2 Å². The molecule has 3 heterocycles. The van der Waals surface area contributed by atoms with Gasteiger partial charge in [-0.05, 0) is 24.6 Å². The molecule has 0 radical (unpaired) electrons. The molecule has 146 valence electrons. The topological polar surface area (TPSA) is 107 Å². The lowest BCUT2D eigenvalue weighted by Gasteiger charge is -2.35. The molecule has 0 aromatic heterocycles. The number of hydrogen-bond donors (Lipinski definition) is 1. The molecule has 0 aliphatic carbocycles. The Balaban J connectivity index is 1.54. The Morgan fingerprint density at radius 3 is 2.39 bits per heavy atom. The highest BCUT2D eigenvalue weighted by Gasteiger charge is 2.44. The molecule has 0 spiro atoms. The Morgan fingerprint density at radius 2 is 1.71 bits per heavy atom. The number of carbonyl (C=O) groups excluding carboxylic acids is 5. The molecule has 3 aliphatic rings. The van der Waals surface area contributed by atoms with Crippen LogP contribution in [0.4, 0.5) is 5.69 Å². The number of anilines is 1.